The van der Waals surface area contributed by atoms with Crippen LogP contribution < -0.4 is 0 Å². The minimum absolute atomic E-state index is 0.0980. The van der Waals surface area contributed by atoms with Crippen molar-refractivity contribution in [3.8, 4) is 0 Å². The molecule has 0 N–H and O–H groups in total. The van der Waals surface area contributed by atoms with Crippen LogP contribution in [0.15, 0.2) is 36.4 Å². The van der Waals surface area contributed by atoms with Gasteiger partial charge >= 0.3 is 0 Å². The second kappa shape index (κ2) is 5.72. The van der Waals surface area contributed by atoms with Gasteiger partial charge in [0.05, 0.1) is 0 Å². The fraction of sp³-hybridized carbons (Fsp3) is 0.133. The molecule has 0 unspecified atom stereocenters. The molecule has 0 amide bonds. The Balaban J connectivity index is 2.25. The molecule has 0 heterocycles. The van der Waals surface area contributed by atoms with Crippen molar-refractivity contribution in [2.75, 3.05) is 0 Å². The minimum atomic E-state index is -0.306. The number of halogens is 3. The van der Waals surface area contributed by atoms with E-state index in [2.05, 4.69) is 0 Å². The number of hydrogen-bond acceptors (Lipinski definition) is 1. The van der Waals surface area contributed by atoms with Gasteiger partial charge in [-0.15, -0.1) is 0 Å². The van der Waals surface area contributed by atoms with Gasteiger partial charge in [0, 0.05) is 22.0 Å². The van der Waals surface area contributed by atoms with E-state index in [1.54, 1.807) is 31.2 Å². The third-order valence-corrected chi connectivity index (χ3v) is 3.28. The van der Waals surface area contributed by atoms with E-state index in [-0.39, 0.29) is 18.0 Å². The largest absolute Gasteiger partial charge is 0.294 e. The Bertz CT molecular complexity index is 618. The van der Waals surface area contributed by atoms with Gasteiger partial charge in [0.25, 0.3) is 0 Å². The molecule has 4 heteroatoms. The van der Waals surface area contributed by atoms with Crippen LogP contribution in [0.5, 0.6) is 0 Å². The first-order valence-electron chi connectivity index (χ1n) is 5.70. The van der Waals surface area contributed by atoms with Crippen LogP contribution in [0.1, 0.15) is 21.5 Å². The van der Waals surface area contributed by atoms with Crippen LogP contribution in [0, 0.1) is 12.7 Å². The average molecular weight is 297 g/mol. The van der Waals surface area contributed by atoms with E-state index < -0.39 is 0 Å². The van der Waals surface area contributed by atoms with Crippen LogP contribution in [-0.4, -0.2) is 5.78 Å². The van der Waals surface area contributed by atoms with Crippen LogP contribution in [0.3, 0.4) is 0 Å². The molecule has 1 nitrogen and oxygen atoms in total. The lowest BCUT2D eigenvalue weighted by atomic mass is 9.99. The first-order chi connectivity index (χ1) is 8.95. The number of carbonyl (C=O) groups is 1. The summed E-state index contributed by atoms with van der Waals surface area (Å²) in [4.78, 5) is 12.1. The van der Waals surface area contributed by atoms with Gasteiger partial charge in [-0.3, -0.25) is 4.79 Å². The molecule has 0 atom stereocenters. The summed E-state index contributed by atoms with van der Waals surface area (Å²) in [5.41, 5.74) is 2.00. The smallest absolute Gasteiger partial charge is 0.167 e. The minimum Gasteiger partial charge on any atom is -0.294 e. The Hall–Kier alpha value is -1.38. The monoisotopic (exact) mass is 296 g/mol. The van der Waals surface area contributed by atoms with E-state index in [1.165, 1.54) is 12.1 Å². The normalized spacial score (nSPS) is 10.5. The standard InChI is InChI=1S/C15H11Cl2FO/c1-9-4-14(18)3-2-10(9)7-15(19)11-5-12(16)8-13(17)6-11/h2-6,8H,7H2,1H3. The van der Waals surface area contributed by atoms with Crippen molar-refractivity contribution in [2.45, 2.75) is 13.3 Å². The van der Waals surface area contributed by atoms with Gasteiger partial charge < -0.3 is 0 Å². The number of ketones is 1. The molecule has 0 bridgehead atoms. The second-order valence-corrected chi connectivity index (χ2v) is 5.20. The molecule has 0 aliphatic carbocycles. The molecule has 0 aromatic heterocycles. The zero-order valence-corrected chi connectivity index (χ0v) is 11.7. The van der Waals surface area contributed by atoms with E-state index in [0.29, 0.717) is 15.6 Å². The Morgan fingerprint density at radius 2 is 1.74 bits per heavy atom. The van der Waals surface area contributed by atoms with Crippen LogP contribution in [0.25, 0.3) is 0 Å². The van der Waals surface area contributed by atoms with Crippen molar-refractivity contribution in [1.29, 1.82) is 0 Å². The van der Waals surface area contributed by atoms with Crippen molar-refractivity contribution >= 4 is 29.0 Å². The maximum Gasteiger partial charge on any atom is 0.167 e. The predicted octanol–water partition coefficient (Wildman–Crippen LogP) is 4.87. The first kappa shape index (κ1) is 14.0. The topological polar surface area (TPSA) is 17.1 Å². The van der Waals surface area contributed by atoms with Crippen molar-refractivity contribution in [2.24, 2.45) is 0 Å². The zero-order chi connectivity index (χ0) is 14.0. The molecule has 2 aromatic rings. The maximum absolute atomic E-state index is 13.0. The first-order valence-corrected chi connectivity index (χ1v) is 6.45. The summed E-state index contributed by atoms with van der Waals surface area (Å²) in [5, 5.41) is 0.846. The molecule has 0 aliphatic heterocycles. The van der Waals surface area contributed by atoms with E-state index >= 15 is 0 Å². The predicted molar refractivity (Wildman–Crippen MR) is 75.6 cm³/mol. The SMILES string of the molecule is Cc1cc(F)ccc1CC(=O)c1cc(Cl)cc(Cl)c1. The van der Waals surface area contributed by atoms with Crippen molar-refractivity contribution in [3.05, 3.63) is 69.0 Å². The average Bonchev–Trinajstić information content (AvgIpc) is 2.31. The van der Waals surface area contributed by atoms with Crippen molar-refractivity contribution < 1.29 is 9.18 Å². The number of Topliss-reactive ketones (excluding diaryl/α,β-unsaturated/α-hetero) is 1. The third kappa shape index (κ3) is 3.55. The molecule has 2 aromatic carbocycles. The van der Waals surface area contributed by atoms with Gasteiger partial charge in [-0.05, 0) is 48.4 Å². The van der Waals surface area contributed by atoms with E-state index in [0.717, 1.165) is 11.1 Å². The molecule has 0 radical (unpaired) electrons. The summed E-state index contributed by atoms with van der Waals surface area (Å²) in [7, 11) is 0. The number of carbonyl (C=O) groups excluding carboxylic acids is 1. The number of hydrogen-bond donors (Lipinski definition) is 0. The van der Waals surface area contributed by atoms with Crippen LogP contribution in [0.2, 0.25) is 10.0 Å². The fourth-order valence-corrected chi connectivity index (χ4v) is 2.37. The Kier molecular flexibility index (Phi) is 4.23. The molecule has 2 rings (SSSR count). The number of aryl methyl sites for hydroxylation is 1. The van der Waals surface area contributed by atoms with Gasteiger partial charge in [-0.2, -0.15) is 0 Å². The maximum atomic E-state index is 13.0. The van der Waals surface area contributed by atoms with Crippen molar-refractivity contribution in [1.82, 2.24) is 0 Å². The number of rotatable bonds is 3. The summed E-state index contributed by atoms with van der Waals surface area (Å²) in [6.45, 7) is 1.77. The molecule has 0 saturated heterocycles. The van der Waals surface area contributed by atoms with Gasteiger partial charge in [-0.1, -0.05) is 29.3 Å². The Morgan fingerprint density at radius 3 is 2.32 bits per heavy atom. The highest BCUT2D eigenvalue weighted by atomic mass is 35.5. The molecule has 0 aliphatic rings. The highest BCUT2D eigenvalue weighted by Gasteiger charge is 2.11. The third-order valence-electron chi connectivity index (χ3n) is 2.84. The molecule has 0 spiro atoms. The lowest BCUT2D eigenvalue weighted by Crippen LogP contribution is -2.05. The van der Waals surface area contributed by atoms with Crippen LogP contribution in [-0.2, 0) is 6.42 Å². The molecule has 19 heavy (non-hydrogen) atoms. The van der Waals surface area contributed by atoms with E-state index in [4.69, 9.17) is 23.2 Å². The summed E-state index contributed by atoms with van der Waals surface area (Å²) in [5.74, 6) is -0.404. The van der Waals surface area contributed by atoms with Crippen LogP contribution in [0.4, 0.5) is 4.39 Å². The molecule has 0 saturated carbocycles. The summed E-state index contributed by atoms with van der Waals surface area (Å²) in [6, 6.07) is 9.11. The fourth-order valence-electron chi connectivity index (χ4n) is 1.85. The molecular weight excluding hydrogens is 286 g/mol. The molecule has 98 valence electrons. The zero-order valence-electron chi connectivity index (χ0n) is 10.2. The summed E-state index contributed by atoms with van der Waals surface area (Å²) >= 11 is 11.7. The van der Waals surface area contributed by atoms with Crippen molar-refractivity contribution in [3.63, 3.8) is 0 Å². The van der Waals surface area contributed by atoms with E-state index in [1.807, 2.05) is 0 Å². The lowest BCUT2D eigenvalue weighted by Gasteiger charge is -2.06. The van der Waals surface area contributed by atoms with E-state index in [9.17, 15) is 9.18 Å². The summed E-state index contributed by atoms with van der Waals surface area (Å²) < 4.78 is 13.0. The Labute approximate surface area is 121 Å². The highest BCUT2D eigenvalue weighted by molar-refractivity contribution is 6.35. The lowest BCUT2D eigenvalue weighted by molar-refractivity contribution is 0.0992. The highest BCUT2D eigenvalue weighted by Crippen LogP contribution is 2.21. The number of benzene rings is 2. The van der Waals surface area contributed by atoms with Gasteiger partial charge in [0.15, 0.2) is 5.78 Å². The second-order valence-electron chi connectivity index (χ2n) is 4.33. The molecule has 0 fully saturated rings. The van der Waals surface area contributed by atoms with Gasteiger partial charge in [0.1, 0.15) is 5.82 Å². The Morgan fingerprint density at radius 1 is 1.11 bits per heavy atom. The van der Waals surface area contributed by atoms with Gasteiger partial charge in [0.2, 0.25) is 0 Å². The molecular formula is C15H11Cl2FO. The van der Waals surface area contributed by atoms with Crippen LogP contribution >= 0.6 is 23.2 Å². The van der Waals surface area contributed by atoms with Gasteiger partial charge in [-0.25, -0.2) is 4.39 Å². The quantitative estimate of drug-likeness (QED) is 0.739. The summed E-state index contributed by atoms with van der Waals surface area (Å²) in [6.07, 6.45) is 0.197.